The van der Waals surface area contributed by atoms with Crippen molar-refractivity contribution < 1.29 is 17.6 Å². The number of hydrogen-bond acceptors (Lipinski definition) is 6. The highest BCUT2D eigenvalue weighted by molar-refractivity contribution is 7.87. The number of carbonyl (C=O) groups excluding carboxylic acids is 1. The molecule has 9 heteroatoms. The van der Waals surface area contributed by atoms with E-state index in [-0.39, 0.29) is 11.7 Å². The van der Waals surface area contributed by atoms with Gasteiger partial charge >= 0.3 is 10.2 Å². The van der Waals surface area contributed by atoms with Gasteiger partial charge in [-0.25, -0.2) is 4.72 Å². The van der Waals surface area contributed by atoms with E-state index < -0.39 is 16.1 Å². The van der Waals surface area contributed by atoms with Crippen molar-refractivity contribution in [2.24, 2.45) is 0 Å². The van der Waals surface area contributed by atoms with E-state index in [1.165, 1.54) is 38.9 Å². The summed E-state index contributed by atoms with van der Waals surface area (Å²) in [6.45, 7) is 1.97. The van der Waals surface area contributed by atoms with Gasteiger partial charge in [-0.3, -0.25) is 4.79 Å². The molecule has 0 aliphatic heterocycles. The van der Waals surface area contributed by atoms with Crippen LogP contribution >= 0.6 is 0 Å². The molecule has 1 saturated carbocycles. The Morgan fingerprint density at radius 2 is 2.04 bits per heavy atom. The number of nitrogens with one attached hydrogen (secondary N) is 2. The van der Waals surface area contributed by atoms with Crippen LogP contribution in [0.3, 0.4) is 0 Å². The number of nitrogens with zero attached hydrogens (tertiary/aromatic N) is 2. The maximum Gasteiger partial charge on any atom is 0.303 e. The SMILES string of the molecule is Cc1ccc(C2CCC2)cc1Nc1nc(C(=O)NS(=O)(=O)N(C)C)co1. The molecule has 0 atom stereocenters. The molecule has 0 unspecified atom stereocenters. The molecule has 1 heterocycles. The maximum absolute atomic E-state index is 12.0. The Morgan fingerprint density at radius 1 is 1.31 bits per heavy atom. The van der Waals surface area contributed by atoms with Crippen LogP contribution in [-0.2, 0) is 10.2 Å². The van der Waals surface area contributed by atoms with Crippen LogP contribution in [0.15, 0.2) is 28.9 Å². The maximum atomic E-state index is 12.0. The normalized spacial score (nSPS) is 14.9. The lowest BCUT2D eigenvalue weighted by Gasteiger charge is -2.26. The molecule has 2 aromatic rings. The third-order valence-electron chi connectivity index (χ3n) is 4.52. The molecule has 1 amide bonds. The van der Waals surface area contributed by atoms with Gasteiger partial charge in [0.25, 0.3) is 11.9 Å². The number of aromatic nitrogens is 1. The minimum Gasteiger partial charge on any atom is -0.431 e. The Hall–Kier alpha value is -2.39. The summed E-state index contributed by atoms with van der Waals surface area (Å²) < 4.78 is 31.5. The van der Waals surface area contributed by atoms with Crippen molar-refractivity contribution in [2.45, 2.75) is 32.1 Å². The molecule has 140 valence electrons. The van der Waals surface area contributed by atoms with Gasteiger partial charge < -0.3 is 9.73 Å². The van der Waals surface area contributed by atoms with E-state index in [1.807, 2.05) is 17.7 Å². The molecule has 1 aromatic heterocycles. The lowest BCUT2D eigenvalue weighted by molar-refractivity contribution is 0.0975. The highest BCUT2D eigenvalue weighted by Gasteiger charge is 2.22. The third-order valence-corrected chi connectivity index (χ3v) is 5.92. The van der Waals surface area contributed by atoms with Gasteiger partial charge in [0.2, 0.25) is 0 Å². The Morgan fingerprint density at radius 3 is 2.65 bits per heavy atom. The van der Waals surface area contributed by atoms with Gasteiger partial charge in [-0.15, -0.1) is 0 Å². The van der Waals surface area contributed by atoms with Crippen LogP contribution in [0.25, 0.3) is 0 Å². The van der Waals surface area contributed by atoms with Gasteiger partial charge in [-0.2, -0.15) is 17.7 Å². The Kier molecular flexibility index (Phi) is 5.01. The average molecular weight is 378 g/mol. The van der Waals surface area contributed by atoms with Gasteiger partial charge in [0.05, 0.1) is 0 Å². The number of carbonyl (C=O) groups is 1. The lowest BCUT2D eigenvalue weighted by atomic mass is 9.80. The number of amides is 1. The van der Waals surface area contributed by atoms with Crippen LogP contribution in [0.1, 0.15) is 46.8 Å². The predicted molar refractivity (Wildman–Crippen MR) is 97.6 cm³/mol. The van der Waals surface area contributed by atoms with Crippen LogP contribution in [0.5, 0.6) is 0 Å². The lowest BCUT2D eigenvalue weighted by Crippen LogP contribution is -2.39. The number of hydrogen-bond donors (Lipinski definition) is 2. The molecular weight excluding hydrogens is 356 g/mol. The minimum absolute atomic E-state index is 0.120. The van der Waals surface area contributed by atoms with Gasteiger partial charge in [-0.1, -0.05) is 18.6 Å². The van der Waals surface area contributed by atoms with E-state index in [2.05, 4.69) is 22.4 Å². The number of aryl methyl sites for hydroxylation is 1. The molecule has 0 saturated heterocycles. The van der Waals surface area contributed by atoms with Crippen LogP contribution < -0.4 is 10.0 Å². The highest BCUT2D eigenvalue weighted by Crippen LogP contribution is 2.38. The third kappa shape index (κ3) is 3.88. The zero-order chi connectivity index (χ0) is 18.9. The number of oxazole rings is 1. The van der Waals surface area contributed by atoms with Gasteiger partial charge in [0.15, 0.2) is 5.69 Å². The zero-order valence-electron chi connectivity index (χ0n) is 14.9. The van der Waals surface area contributed by atoms with Crippen LogP contribution in [-0.4, -0.2) is 37.7 Å². The van der Waals surface area contributed by atoms with Crippen LogP contribution in [0, 0.1) is 6.92 Å². The standard InChI is InChI=1S/C17H22N4O4S/c1-11-7-8-13(12-5-4-6-12)9-14(11)18-17-19-15(10-25-17)16(22)20-26(23,24)21(2)3/h7-10,12H,4-6H2,1-3H3,(H,18,19)(H,20,22). The van der Waals surface area contributed by atoms with Crippen LogP contribution in [0.2, 0.25) is 0 Å². The summed E-state index contributed by atoms with van der Waals surface area (Å²) in [6.07, 6.45) is 4.78. The van der Waals surface area contributed by atoms with Crippen molar-refractivity contribution in [1.82, 2.24) is 14.0 Å². The molecule has 1 aliphatic carbocycles. The smallest absolute Gasteiger partial charge is 0.303 e. The average Bonchev–Trinajstić information content (AvgIpc) is 2.97. The predicted octanol–water partition coefficient (Wildman–Crippen LogP) is 2.53. The first-order chi connectivity index (χ1) is 12.3. The first kappa shape index (κ1) is 18.4. The molecule has 0 radical (unpaired) electrons. The molecule has 0 spiro atoms. The summed E-state index contributed by atoms with van der Waals surface area (Å²) >= 11 is 0. The first-order valence-corrected chi connectivity index (χ1v) is 9.78. The largest absolute Gasteiger partial charge is 0.431 e. The molecule has 1 aliphatic rings. The van der Waals surface area contributed by atoms with Crippen molar-refractivity contribution in [1.29, 1.82) is 0 Å². The quantitative estimate of drug-likeness (QED) is 0.800. The van der Waals surface area contributed by atoms with E-state index >= 15 is 0 Å². The highest BCUT2D eigenvalue weighted by atomic mass is 32.2. The molecule has 1 fully saturated rings. The topological polar surface area (TPSA) is 105 Å². The van der Waals surface area contributed by atoms with Gasteiger partial charge in [0, 0.05) is 19.8 Å². The summed E-state index contributed by atoms with van der Waals surface area (Å²) in [5.74, 6) is -0.256. The monoisotopic (exact) mass is 378 g/mol. The number of benzene rings is 1. The van der Waals surface area contributed by atoms with Crippen molar-refractivity contribution in [2.75, 3.05) is 19.4 Å². The van der Waals surface area contributed by atoms with E-state index in [9.17, 15) is 13.2 Å². The van der Waals surface area contributed by atoms with Gasteiger partial charge in [-0.05, 0) is 42.9 Å². The van der Waals surface area contributed by atoms with Crippen molar-refractivity contribution in [3.63, 3.8) is 0 Å². The fourth-order valence-corrected chi connectivity index (χ4v) is 3.10. The summed E-state index contributed by atoms with van der Waals surface area (Å²) in [4.78, 5) is 16.0. The summed E-state index contributed by atoms with van der Waals surface area (Å²) in [6, 6.07) is 6.37. The molecule has 26 heavy (non-hydrogen) atoms. The molecule has 3 rings (SSSR count). The van der Waals surface area contributed by atoms with Crippen LogP contribution in [0.4, 0.5) is 11.7 Å². The summed E-state index contributed by atoms with van der Waals surface area (Å²) in [5.41, 5.74) is 3.02. The first-order valence-electron chi connectivity index (χ1n) is 8.34. The molecule has 1 aromatic carbocycles. The van der Waals surface area contributed by atoms with E-state index in [1.54, 1.807) is 0 Å². The second kappa shape index (κ2) is 7.08. The molecule has 0 bridgehead atoms. The van der Waals surface area contributed by atoms with E-state index in [0.717, 1.165) is 21.8 Å². The minimum atomic E-state index is -3.88. The second-order valence-electron chi connectivity index (χ2n) is 6.58. The summed E-state index contributed by atoms with van der Waals surface area (Å²) in [5, 5.41) is 3.06. The number of rotatable bonds is 6. The number of anilines is 2. The van der Waals surface area contributed by atoms with Crippen molar-refractivity contribution in [3.05, 3.63) is 41.3 Å². The fraction of sp³-hybridized carbons (Fsp3) is 0.412. The van der Waals surface area contributed by atoms with E-state index in [0.29, 0.717) is 5.92 Å². The zero-order valence-corrected chi connectivity index (χ0v) is 15.8. The Balaban J connectivity index is 1.73. The van der Waals surface area contributed by atoms with Crippen molar-refractivity contribution >= 4 is 27.8 Å². The Bertz CT molecular complexity index is 917. The van der Waals surface area contributed by atoms with Crippen molar-refractivity contribution in [3.8, 4) is 0 Å². The Labute approximate surface area is 152 Å². The fourth-order valence-electron chi connectivity index (χ4n) is 2.58. The molecular formula is C17H22N4O4S. The molecule has 8 nitrogen and oxygen atoms in total. The summed E-state index contributed by atoms with van der Waals surface area (Å²) in [7, 11) is -1.24. The van der Waals surface area contributed by atoms with Gasteiger partial charge in [0.1, 0.15) is 6.26 Å². The molecule has 2 N–H and O–H groups in total. The van der Waals surface area contributed by atoms with E-state index in [4.69, 9.17) is 4.42 Å². The second-order valence-corrected chi connectivity index (χ2v) is 8.47.